The summed E-state index contributed by atoms with van der Waals surface area (Å²) in [7, 11) is 0. The maximum absolute atomic E-state index is 11.8. The van der Waals surface area contributed by atoms with E-state index in [9.17, 15) is 20.0 Å². The first-order chi connectivity index (χ1) is 12.5. The Labute approximate surface area is 148 Å². The highest BCUT2D eigenvalue weighted by atomic mass is 16.6. The van der Waals surface area contributed by atoms with E-state index >= 15 is 0 Å². The fraction of sp³-hybridized carbons (Fsp3) is 0.100. The van der Waals surface area contributed by atoms with Gasteiger partial charge in [-0.05, 0) is 53.8 Å². The summed E-state index contributed by atoms with van der Waals surface area (Å²) in [6.07, 6.45) is 3.23. The topological polar surface area (TPSA) is 93.3 Å². The zero-order valence-corrected chi connectivity index (χ0v) is 13.7. The van der Waals surface area contributed by atoms with Crippen molar-refractivity contribution in [1.29, 1.82) is 0 Å². The van der Waals surface area contributed by atoms with Crippen LogP contribution in [0.4, 0.5) is 5.69 Å². The monoisotopic (exact) mass is 346 g/mol. The lowest BCUT2D eigenvalue weighted by Crippen LogP contribution is -2.05. The molecule has 6 heteroatoms. The van der Waals surface area contributed by atoms with E-state index in [-0.39, 0.29) is 5.69 Å². The number of nitro groups is 1. The molecule has 1 aliphatic carbocycles. The van der Waals surface area contributed by atoms with Gasteiger partial charge < -0.3 is 5.11 Å². The van der Waals surface area contributed by atoms with Crippen molar-refractivity contribution in [2.45, 2.75) is 12.8 Å². The molecular formula is C20H14N2O4. The lowest BCUT2D eigenvalue weighted by atomic mass is 10.0. The summed E-state index contributed by atoms with van der Waals surface area (Å²) in [5.74, 6) is -0.948. The van der Waals surface area contributed by atoms with Crippen molar-refractivity contribution in [3.8, 4) is 0 Å². The standard InChI is InChI=1S/C20H14N2O4/c23-20(24)18-15-3-1-2-4-17(15)21-19-13(7-10-16(18)19)11-12-5-8-14(9-6-12)22(25)26/h1-6,8-9,11H,7,10H2,(H,23,24). The molecule has 0 saturated heterocycles. The molecule has 0 radical (unpaired) electrons. The minimum Gasteiger partial charge on any atom is -0.478 e. The molecule has 6 nitrogen and oxygen atoms in total. The molecule has 2 aromatic carbocycles. The molecule has 4 rings (SSSR count). The summed E-state index contributed by atoms with van der Waals surface area (Å²) in [5, 5.41) is 21.1. The van der Waals surface area contributed by atoms with Crippen molar-refractivity contribution in [2.75, 3.05) is 0 Å². The number of carbonyl (C=O) groups is 1. The summed E-state index contributed by atoms with van der Waals surface area (Å²) >= 11 is 0. The first kappa shape index (κ1) is 16.0. The van der Waals surface area contributed by atoms with Gasteiger partial charge in [-0.25, -0.2) is 9.78 Å². The van der Waals surface area contributed by atoms with Gasteiger partial charge in [-0.15, -0.1) is 0 Å². The fourth-order valence-corrected chi connectivity index (χ4v) is 3.42. The molecule has 0 fully saturated rings. The van der Waals surface area contributed by atoms with Gasteiger partial charge in [0.25, 0.3) is 5.69 Å². The number of rotatable bonds is 3. The molecule has 26 heavy (non-hydrogen) atoms. The van der Waals surface area contributed by atoms with Crippen LogP contribution in [0.3, 0.4) is 0 Å². The molecule has 0 amide bonds. The first-order valence-electron chi connectivity index (χ1n) is 8.15. The van der Waals surface area contributed by atoms with E-state index in [1.165, 1.54) is 12.1 Å². The molecule has 1 heterocycles. The Hall–Kier alpha value is -3.54. The van der Waals surface area contributed by atoms with E-state index in [2.05, 4.69) is 4.98 Å². The molecule has 0 atom stereocenters. The smallest absolute Gasteiger partial charge is 0.336 e. The number of non-ortho nitro benzene ring substituents is 1. The van der Waals surface area contributed by atoms with Gasteiger partial charge in [0.2, 0.25) is 0 Å². The Balaban J connectivity index is 1.85. The SMILES string of the molecule is O=C(O)c1c2c(nc3ccccc13)C(=Cc1ccc([N+](=O)[O-])cc1)CC2. The Kier molecular flexibility index (Phi) is 3.73. The van der Waals surface area contributed by atoms with E-state index < -0.39 is 10.9 Å². The second-order valence-corrected chi connectivity index (χ2v) is 6.15. The average Bonchev–Trinajstić information content (AvgIpc) is 3.02. The number of allylic oxidation sites excluding steroid dienone is 1. The number of pyridine rings is 1. The van der Waals surface area contributed by atoms with Crippen molar-refractivity contribution in [3.05, 3.63) is 81.0 Å². The number of benzene rings is 2. The van der Waals surface area contributed by atoms with Crippen LogP contribution in [0.2, 0.25) is 0 Å². The van der Waals surface area contributed by atoms with E-state index in [1.807, 2.05) is 24.3 Å². The number of hydrogen-bond donors (Lipinski definition) is 1. The summed E-state index contributed by atoms with van der Waals surface area (Å²) < 4.78 is 0. The number of aromatic carboxylic acids is 1. The molecule has 0 unspecified atom stereocenters. The van der Waals surface area contributed by atoms with Crippen molar-refractivity contribution in [2.24, 2.45) is 0 Å². The van der Waals surface area contributed by atoms with Crippen molar-refractivity contribution in [3.63, 3.8) is 0 Å². The summed E-state index contributed by atoms with van der Waals surface area (Å²) in [6.45, 7) is 0. The number of nitro benzene ring substituents is 1. The lowest BCUT2D eigenvalue weighted by Gasteiger charge is -2.09. The molecule has 0 saturated carbocycles. The predicted molar refractivity (Wildman–Crippen MR) is 98.0 cm³/mol. The second kappa shape index (κ2) is 6.07. The van der Waals surface area contributed by atoms with Gasteiger partial charge in [-0.3, -0.25) is 10.1 Å². The predicted octanol–water partition coefficient (Wildman–Crippen LogP) is 4.33. The quantitative estimate of drug-likeness (QED) is 0.563. The summed E-state index contributed by atoms with van der Waals surface area (Å²) in [4.78, 5) is 26.8. The third kappa shape index (κ3) is 2.61. The number of fused-ring (bicyclic) bond motifs is 2. The number of hydrogen-bond acceptors (Lipinski definition) is 4. The number of carboxylic acids is 1. The van der Waals surface area contributed by atoms with Crippen molar-refractivity contribution >= 4 is 34.2 Å². The zero-order chi connectivity index (χ0) is 18.3. The number of nitrogens with zero attached hydrogens (tertiary/aromatic N) is 2. The molecule has 1 N–H and O–H groups in total. The minimum atomic E-state index is -0.948. The average molecular weight is 346 g/mol. The summed E-state index contributed by atoms with van der Waals surface area (Å²) in [6, 6.07) is 13.5. The van der Waals surface area contributed by atoms with Crippen molar-refractivity contribution < 1.29 is 14.8 Å². The van der Waals surface area contributed by atoms with E-state index in [0.717, 1.165) is 16.7 Å². The molecule has 128 valence electrons. The third-order valence-electron chi connectivity index (χ3n) is 4.60. The minimum absolute atomic E-state index is 0.0382. The first-order valence-corrected chi connectivity index (χ1v) is 8.15. The van der Waals surface area contributed by atoms with Crippen LogP contribution < -0.4 is 0 Å². The van der Waals surface area contributed by atoms with Crippen LogP contribution in [0.5, 0.6) is 0 Å². The highest BCUT2D eigenvalue weighted by molar-refractivity contribution is 6.06. The Morgan fingerprint density at radius 1 is 1.12 bits per heavy atom. The van der Waals surface area contributed by atoms with Gasteiger partial charge in [-0.2, -0.15) is 0 Å². The second-order valence-electron chi connectivity index (χ2n) is 6.15. The molecule has 0 aliphatic heterocycles. The van der Waals surface area contributed by atoms with Crippen LogP contribution in [0.25, 0.3) is 22.6 Å². The number of carboxylic acid groups (broad SMARTS) is 1. The lowest BCUT2D eigenvalue weighted by molar-refractivity contribution is -0.384. The molecule has 0 spiro atoms. The third-order valence-corrected chi connectivity index (χ3v) is 4.60. The van der Waals surface area contributed by atoms with Crippen LogP contribution in [0.15, 0.2) is 48.5 Å². The normalized spacial score (nSPS) is 14.5. The maximum atomic E-state index is 11.8. The molecule has 1 aliphatic rings. The molecule has 0 bridgehead atoms. The molecule has 3 aromatic rings. The van der Waals surface area contributed by atoms with E-state index in [4.69, 9.17) is 0 Å². The largest absolute Gasteiger partial charge is 0.478 e. The Bertz CT molecular complexity index is 1080. The van der Waals surface area contributed by atoms with Crippen LogP contribution in [0, 0.1) is 10.1 Å². The number of aromatic nitrogens is 1. The molecular weight excluding hydrogens is 332 g/mol. The van der Waals surface area contributed by atoms with Gasteiger partial charge in [0, 0.05) is 17.5 Å². The van der Waals surface area contributed by atoms with Crippen molar-refractivity contribution in [1.82, 2.24) is 4.98 Å². The van der Waals surface area contributed by atoms with Crippen LogP contribution in [-0.2, 0) is 6.42 Å². The Morgan fingerprint density at radius 3 is 2.54 bits per heavy atom. The highest BCUT2D eigenvalue weighted by Gasteiger charge is 2.26. The Morgan fingerprint density at radius 2 is 1.85 bits per heavy atom. The van der Waals surface area contributed by atoms with Gasteiger partial charge in [0.1, 0.15) is 0 Å². The van der Waals surface area contributed by atoms with E-state index in [1.54, 1.807) is 18.2 Å². The maximum Gasteiger partial charge on any atom is 0.336 e. The van der Waals surface area contributed by atoms with Crippen LogP contribution >= 0.6 is 0 Å². The van der Waals surface area contributed by atoms with Gasteiger partial charge >= 0.3 is 5.97 Å². The van der Waals surface area contributed by atoms with E-state index in [0.29, 0.717) is 35.0 Å². The van der Waals surface area contributed by atoms with Gasteiger partial charge in [0.15, 0.2) is 0 Å². The van der Waals surface area contributed by atoms with Crippen LogP contribution in [0.1, 0.15) is 33.6 Å². The molecule has 1 aromatic heterocycles. The van der Waals surface area contributed by atoms with Gasteiger partial charge in [-0.1, -0.05) is 18.2 Å². The zero-order valence-electron chi connectivity index (χ0n) is 13.7. The summed E-state index contributed by atoms with van der Waals surface area (Å²) in [5.41, 5.74) is 4.24. The van der Waals surface area contributed by atoms with Gasteiger partial charge in [0.05, 0.1) is 21.7 Å². The fourth-order valence-electron chi connectivity index (χ4n) is 3.42. The van der Waals surface area contributed by atoms with Crippen LogP contribution in [-0.4, -0.2) is 21.0 Å². The highest BCUT2D eigenvalue weighted by Crippen LogP contribution is 2.37. The number of para-hydroxylation sites is 1.